The van der Waals surface area contributed by atoms with E-state index >= 15 is 0 Å². The van der Waals surface area contributed by atoms with E-state index in [0.29, 0.717) is 0 Å². The van der Waals surface area contributed by atoms with Gasteiger partial charge >= 0.3 is 5.97 Å². The summed E-state index contributed by atoms with van der Waals surface area (Å²) >= 11 is 6.19. The minimum atomic E-state index is -0.738. The molecule has 2 unspecified atom stereocenters. The molecular formula is C13H15ClO2. The Morgan fingerprint density at radius 2 is 2.31 bits per heavy atom. The minimum Gasteiger partial charge on any atom is -0.481 e. The summed E-state index contributed by atoms with van der Waals surface area (Å²) in [6.07, 6.45) is 2.98. The van der Waals surface area contributed by atoms with Gasteiger partial charge in [-0.25, -0.2) is 0 Å². The highest BCUT2D eigenvalue weighted by Crippen LogP contribution is 2.40. The van der Waals surface area contributed by atoms with Crippen molar-refractivity contribution in [1.29, 1.82) is 0 Å². The second-order valence-corrected chi connectivity index (χ2v) is 4.85. The zero-order valence-corrected chi connectivity index (χ0v) is 10.00. The average molecular weight is 239 g/mol. The zero-order chi connectivity index (χ0) is 11.7. The van der Waals surface area contributed by atoms with E-state index in [0.717, 1.165) is 29.8 Å². The van der Waals surface area contributed by atoms with Gasteiger partial charge in [0.1, 0.15) is 0 Å². The second kappa shape index (κ2) is 4.46. The Labute approximate surface area is 100 Å². The van der Waals surface area contributed by atoms with Crippen molar-refractivity contribution in [3.05, 3.63) is 34.3 Å². The lowest BCUT2D eigenvalue weighted by molar-refractivity contribution is -0.142. The molecule has 2 atom stereocenters. The maximum Gasteiger partial charge on any atom is 0.306 e. The normalized spacial score (nSPS) is 21.2. The first-order valence-electron chi connectivity index (χ1n) is 5.61. The first-order chi connectivity index (χ1) is 7.61. The predicted octanol–water partition coefficient (Wildman–Crippen LogP) is 3.48. The molecule has 3 heteroatoms. The average Bonchev–Trinajstić information content (AvgIpc) is 2.27. The van der Waals surface area contributed by atoms with Crippen LogP contribution in [-0.4, -0.2) is 11.1 Å². The summed E-state index contributed by atoms with van der Waals surface area (Å²) in [6.45, 7) is 1.77. The molecule has 0 saturated heterocycles. The molecule has 2 nitrogen and oxygen atoms in total. The maximum atomic E-state index is 11.1. The van der Waals surface area contributed by atoms with E-state index in [2.05, 4.69) is 6.07 Å². The second-order valence-electron chi connectivity index (χ2n) is 4.44. The summed E-state index contributed by atoms with van der Waals surface area (Å²) in [5.41, 5.74) is 2.28. The van der Waals surface area contributed by atoms with Crippen LogP contribution in [0, 0.1) is 5.92 Å². The third-order valence-electron chi connectivity index (χ3n) is 3.47. The van der Waals surface area contributed by atoms with Gasteiger partial charge in [-0.05, 0) is 42.4 Å². The van der Waals surface area contributed by atoms with Gasteiger partial charge in [0.25, 0.3) is 0 Å². The highest BCUT2D eigenvalue weighted by Gasteiger charge is 2.30. The van der Waals surface area contributed by atoms with Crippen molar-refractivity contribution in [1.82, 2.24) is 0 Å². The number of carbonyl (C=O) groups is 1. The van der Waals surface area contributed by atoms with Crippen LogP contribution in [0.4, 0.5) is 0 Å². The Morgan fingerprint density at radius 1 is 1.56 bits per heavy atom. The van der Waals surface area contributed by atoms with Crippen LogP contribution in [0.2, 0.25) is 5.02 Å². The Kier molecular flexibility index (Phi) is 3.20. The van der Waals surface area contributed by atoms with Crippen molar-refractivity contribution in [2.24, 2.45) is 5.92 Å². The Bertz CT molecular complexity index is 414. The van der Waals surface area contributed by atoms with Gasteiger partial charge in [-0.3, -0.25) is 4.79 Å². The molecule has 0 amide bonds. The molecule has 0 aromatic heterocycles. The molecule has 0 aliphatic heterocycles. The SMILES string of the molecule is CC(C(=O)O)C1CCCc2cccc(Cl)c21. The smallest absolute Gasteiger partial charge is 0.306 e. The van der Waals surface area contributed by atoms with Gasteiger partial charge in [-0.1, -0.05) is 30.7 Å². The van der Waals surface area contributed by atoms with Crippen LogP contribution >= 0.6 is 11.6 Å². The summed E-state index contributed by atoms with van der Waals surface area (Å²) in [5.74, 6) is -1.04. The molecule has 1 N–H and O–H groups in total. The molecule has 1 aromatic carbocycles. The summed E-state index contributed by atoms with van der Waals surface area (Å²) in [5, 5.41) is 9.83. The van der Waals surface area contributed by atoms with E-state index in [1.54, 1.807) is 6.92 Å². The molecule has 0 saturated carbocycles. The highest BCUT2D eigenvalue weighted by atomic mass is 35.5. The Hall–Kier alpha value is -1.02. The first-order valence-corrected chi connectivity index (χ1v) is 5.99. The van der Waals surface area contributed by atoms with Crippen molar-refractivity contribution in [3.63, 3.8) is 0 Å². The molecule has 0 fully saturated rings. The molecule has 2 rings (SSSR count). The van der Waals surface area contributed by atoms with Gasteiger partial charge in [0.15, 0.2) is 0 Å². The fraction of sp³-hybridized carbons (Fsp3) is 0.462. The molecular weight excluding hydrogens is 224 g/mol. The van der Waals surface area contributed by atoms with Gasteiger partial charge in [-0.2, -0.15) is 0 Å². The topological polar surface area (TPSA) is 37.3 Å². The van der Waals surface area contributed by atoms with Crippen LogP contribution in [0.3, 0.4) is 0 Å². The van der Waals surface area contributed by atoms with E-state index in [-0.39, 0.29) is 11.8 Å². The van der Waals surface area contributed by atoms with Gasteiger partial charge in [-0.15, -0.1) is 0 Å². The molecule has 1 aliphatic rings. The zero-order valence-electron chi connectivity index (χ0n) is 9.24. The van der Waals surface area contributed by atoms with Crippen molar-refractivity contribution >= 4 is 17.6 Å². The number of aliphatic carboxylic acids is 1. The van der Waals surface area contributed by atoms with Crippen molar-refractivity contribution in [2.45, 2.75) is 32.1 Å². The largest absolute Gasteiger partial charge is 0.481 e. The molecule has 0 radical (unpaired) electrons. The Balaban J connectivity index is 2.43. The number of benzene rings is 1. The van der Waals surface area contributed by atoms with Crippen LogP contribution in [0.5, 0.6) is 0 Å². The number of hydrogen-bond acceptors (Lipinski definition) is 1. The van der Waals surface area contributed by atoms with E-state index in [9.17, 15) is 4.79 Å². The molecule has 86 valence electrons. The van der Waals surface area contributed by atoms with E-state index in [4.69, 9.17) is 16.7 Å². The summed E-state index contributed by atoms with van der Waals surface area (Å²) in [6, 6.07) is 5.85. The van der Waals surface area contributed by atoms with E-state index < -0.39 is 5.97 Å². The number of carboxylic acids is 1. The lowest BCUT2D eigenvalue weighted by Gasteiger charge is -2.29. The van der Waals surface area contributed by atoms with Gasteiger partial charge in [0.2, 0.25) is 0 Å². The molecule has 0 spiro atoms. The molecule has 1 aromatic rings. The fourth-order valence-corrected chi connectivity index (χ4v) is 2.88. The fourth-order valence-electron chi connectivity index (χ4n) is 2.54. The maximum absolute atomic E-state index is 11.1. The number of halogens is 1. The first kappa shape index (κ1) is 11.5. The lowest BCUT2D eigenvalue weighted by Crippen LogP contribution is -2.23. The summed E-state index contributed by atoms with van der Waals surface area (Å²) in [4.78, 5) is 11.1. The predicted molar refractivity (Wildman–Crippen MR) is 63.9 cm³/mol. The van der Waals surface area contributed by atoms with E-state index in [1.807, 2.05) is 12.1 Å². The van der Waals surface area contributed by atoms with Gasteiger partial charge in [0, 0.05) is 5.02 Å². The minimum absolute atomic E-state index is 0.0648. The number of hydrogen-bond donors (Lipinski definition) is 1. The van der Waals surface area contributed by atoms with Crippen molar-refractivity contribution < 1.29 is 9.90 Å². The number of aryl methyl sites for hydroxylation is 1. The third kappa shape index (κ3) is 1.94. The van der Waals surface area contributed by atoms with Crippen LogP contribution in [-0.2, 0) is 11.2 Å². The summed E-state index contributed by atoms with van der Waals surface area (Å²) < 4.78 is 0. The van der Waals surface area contributed by atoms with Crippen LogP contribution in [0.25, 0.3) is 0 Å². The summed E-state index contributed by atoms with van der Waals surface area (Å²) in [7, 11) is 0. The van der Waals surface area contributed by atoms with Gasteiger partial charge < -0.3 is 5.11 Å². The van der Waals surface area contributed by atoms with Crippen LogP contribution in [0.1, 0.15) is 36.8 Å². The van der Waals surface area contributed by atoms with Gasteiger partial charge in [0.05, 0.1) is 5.92 Å². The number of carboxylic acid groups (broad SMARTS) is 1. The number of rotatable bonds is 2. The van der Waals surface area contributed by atoms with E-state index in [1.165, 1.54) is 5.56 Å². The van der Waals surface area contributed by atoms with Crippen molar-refractivity contribution in [2.75, 3.05) is 0 Å². The van der Waals surface area contributed by atoms with Crippen LogP contribution < -0.4 is 0 Å². The third-order valence-corrected chi connectivity index (χ3v) is 3.80. The molecule has 0 bridgehead atoms. The Morgan fingerprint density at radius 3 is 3.00 bits per heavy atom. The molecule has 16 heavy (non-hydrogen) atoms. The monoisotopic (exact) mass is 238 g/mol. The highest BCUT2D eigenvalue weighted by molar-refractivity contribution is 6.31. The van der Waals surface area contributed by atoms with Crippen LogP contribution in [0.15, 0.2) is 18.2 Å². The standard InChI is InChI=1S/C13H15ClO2/c1-8(13(15)16)10-6-2-4-9-5-3-7-11(14)12(9)10/h3,5,7-8,10H,2,4,6H2,1H3,(H,15,16). The lowest BCUT2D eigenvalue weighted by atomic mass is 9.76. The number of fused-ring (bicyclic) bond motifs is 1. The quantitative estimate of drug-likeness (QED) is 0.857. The molecule has 1 aliphatic carbocycles. The molecule has 0 heterocycles. The van der Waals surface area contributed by atoms with Crippen molar-refractivity contribution in [3.8, 4) is 0 Å².